The lowest BCUT2D eigenvalue weighted by Crippen LogP contribution is -2.35. The number of anilines is 1. The van der Waals surface area contributed by atoms with E-state index in [1.54, 1.807) is 23.5 Å². The summed E-state index contributed by atoms with van der Waals surface area (Å²) in [7, 11) is 3.91. The molecule has 1 aliphatic rings. The molecule has 1 aliphatic carbocycles. The highest BCUT2D eigenvalue weighted by atomic mass is 32.1. The van der Waals surface area contributed by atoms with Gasteiger partial charge in [-0.3, -0.25) is 4.79 Å². The predicted molar refractivity (Wildman–Crippen MR) is 142 cm³/mol. The highest BCUT2D eigenvalue weighted by molar-refractivity contribution is 7.19. The number of rotatable bonds is 8. The molecule has 35 heavy (non-hydrogen) atoms. The molecule has 1 fully saturated rings. The number of halogens is 1. The van der Waals surface area contributed by atoms with Gasteiger partial charge in [-0.1, -0.05) is 29.5 Å². The molecule has 1 saturated carbocycles. The third-order valence-corrected chi connectivity index (χ3v) is 8.09. The van der Waals surface area contributed by atoms with E-state index in [-0.39, 0.29) is 11.7 Å². The quantitative estimate of drug-likeness (QED) is 0.320. The zero-order valence-corrected chi connectivity index (χ0v) is 21.5. The fraction of sp³-hybridized carbons (Fsp3) is 0.357. The van der Waals surface area contributed by atoms with Gasteiger partial charge in [0, 0.05) is 44.3 Å². The summed E-state index contributed by atoms with van der Waals surface area (Å²) >= 11 is 1.56. The van der Waals surface area contributed by atoms with Crippen molar-refractivity contribution in [1.82, 2.24) is 14.9 Å². The standard InChI is InChI=1S/C28H31FN4OS/c1-17-5-8-20(13-18(17)2)26-25(31-28(35-26)32(3)4)27(34)33(16-19-6-7-19)12-11-21-15-30-24-10-9-22(29)14-23(21)24/h5,8-10,13-15,19,30H,6-7,11-12,16H2,1-4H3. The Kier molecular flexibility index (Phi) is 6.36. The maximum absolute atomic E-state index is 14.0. The van der Waals surface area contributed by atoms with E-state index in [0.29, 0.717) is 24.6 Å². The van der Waals surface area contributed by atoms with Crippen LogP contribution in [0.2, 0.25) is 0 Å². The van der Waals surface area contributed by atoms with E-state index in [0.717, 1.165) is 51.4 Å². The second-order valence-corrected chi connectivity index (χ2v) is 10.8. The van der Waals surface area contributed by atoms with Crippen LogP contribution in [0.4, 0.5) is 9.52 Å². The minimum Gasteiger partial charge on any atom is -0.361 e. The number of H-pyrrole nitrogens is 1. The monoisotopic (exact) mass is 490 g/mol. The molecule has 182 valence electrons. The van der Waals surface area contributed by atoms with Gasteiger partial charge in [0.05, 0.1) is 4.88 Å². The number of hydrogen-bond donors (Lipinski definition) is 1. The molecule has 7 heteroatoms. The third-order valence-electron chi connectivity index (χ3n) is 6.81. The molecule has 0 unspecified atom stereocenters. The minimum absolute atomic E-state index is 0.0273. The number of benzene rings is 2. The van der Waals surface area contributed by atoms with Crippen molar-refractivity contribution in [2.24, 2.45) is 5.92 Å². The molecule has 0 spiro atoms. The van der Waals surface area contributed by atoms with Crippen LogP contribution in [0.3, 0.4) is 0 Å². The van der Waals surface area contributed by atoms with E-state index in [4.69, 9.17) is 4.98 Å². The van der Waals surface area contributed by atoms with Gasteiger partial charge in [0.2, 0.25) is 0 Å². The molecule has 1 N–H and O–H groups in total. The highest BCUT2D eigenvalue weighted by Gasteiger charge is 2.30. The Hall–Kier alpha value is -3.19. The molecular weight excluding hydrogens is 459 g/mol. The van der Waals surface area contributed by atoms with Gasteiger partial charge in [0.15, 0.2) is 5.13 Å². The fourth-order valence-electron chi connectivity index (χ4n) is 4.37. The maximum atomic E-state index is 14.0. The van der Waals surface area contributed by atoms with E-state index in [2.05, 4.69) is 37.0 Å². The Morgan fingerprint density at radius 1 is 1.14 bits per heavy atom. The Morgan fingerprint density at radius 2 is 1.94 bits per heavy atom. The van der Waals surface area contributed by atoms with E-state index >= 15 is 0 Å². The molecule has 0 aliphatic heterocycles. The Bertz CT molecular complexity index is 1390. The van der Waals surface area contributed by atoms with Crippen LogP contribution in [0.5, 0.6) is 0 Å². The molecule has 5 nitrogen and oxygen atoms in total. The van der Waals surface area contributed by atoms with E-state index in [9.17, 15) is 9.18 Å². The van der Waals surface area contributed by atoms with Gasteiger partial charge < -0.3 is 14.8 Å². The van der Waals surface area contributed by atoms with Gasteiger partial charge in [0.25, 0.3) is 5.91 Å². The summed E-state index contributed by atoms with van der Waals surface area (Å²) in [6.45, 7) is 5.49. The number of thiazole rings is 1. The summed E-state index contributed by atoms with van der Waals surface area (Å²) < 4.78 is 13.9. The molecule has 0 radical (unpaired) electrons. The number of nitrogens with one attached hydrogen (secondary N) is 1. The molecule has 5 rings (SSSR count). The number of aromatic nitrogens is 2. The summed E-state index contributed by atoms with van der Waals surface area (Å²) in [6, 6.07) is 11.1. The average molecular weight is 491 g/mol. The number of fused-ring (bicyclic) bond motifs is 1. The first-order valence-corrected chi connectivity index (χ1v) is 12.9. The van der Waals surface area contributed by atoms with Crippen LogP contribution in [-0.4, -0.2) is 48.0 Å². The second-order valence-electron chi connectivity index (χ2n) is 9.82. The number of amides is 1. The topological polar surface area (TPSA) is 52.2 Å². The summed E-state index contributed by atoms with van der Waals surface area (Å²) in [5, 5.41) is 1.70. The second kappa shape index (κ2) is 9.46. The summed E-state index contributed by atoms with van der Waals surface area (Å²) in [5.41, 5.74) is 5.91. The van der Waals surface area contributed by atoms with Crippen LogP contribution in [0.15, 0.2) is 42.6 Å². The van der Waals surface area contributed by atoms with Crippen LogP contribution < -0.4 is 4.90 Å². The Balaban J connectivity index is 1.46. The zero-order valence-electron chi connectivity index (χ0n) is 20.7. The number of nitrogens with zero attached hydrogens (tertiary/aromatic N) is 3. The third kappa shape index (κ3) is 4.96. The van der Waals surface area contributed by atoms with Gasteiger partial charge in [-0.05, 0) is 79.5 Å². The largest absolute Gasteiger partial charge is 0.361 e. The molecule has 0 saturated heterocycles. The van der Waals surface area contributed by atoms with Gasteiger partial charge in [-0.25, -0.2) is 9.37 Å². The van der Waals surface area contributed by atoms with Crippen LogP contribution in [-0.2, 0) is 6.42 Å². The van der Waals surface area contributed by atoms with Gasteiger partial charge in [-0.15, -0.1) is 0 Å². The zero-order chi connectivity index (χ0) is 24.7. The molecule has 0 bridgehead atoms. The van der Waals surface area contributed by atoms with Crippen molar-refractivity contribution in [3.05, 3.63) is 70.8 Å². The molecule has 2 heterocycles. The van der Waals surface area contributed by atoms with Crippen molar-refractivity contribution in [2.45, 2.75) is 33.1 Å². The lowest BCUT2D eigenvalue weighted by Gasteiger charge is -2.22. The normalized spacial score (nSPS) is 13.4. The maximum Gasteiger partial charge on any atom is 0.274 e. The molecule has 4 aromatic rings. The predicted octanol–water partition coefficient (Wildman–Crippen LogP) is 6.21. The van der Waals surface area contributed by atoms with Gasteiger partial charge in [0.1, 0.15) is 11.5 Å². The summed E-state index contributed by atoms with van der Waals surface area (Å²) in [6.07, 6.45) is 4.90. The number of carbonyl (C=O) groups is 1. The number of aromatic amines is 1. The molecule has 2 aromatic carbocycles. The van der Waals surface area contributed by atoms with Crippen LogP contribution >= 0.6 is 11.3 Å². The number of aryl methyl sites for hydroxylation is 2. The van der Waals surface area contributed by atoms with E-state index < -0.39 is 0 Å². The molecule has 2 aromatic heterocycles. The van der Waals surface area contributed by atoms with Crippen molar-refractivity contribution >= 4 is 33.3 Å². The van der Waals surface area contributed by atoms with Crippen LogP contribution in [0.25, 0.3) is 21.3 Å². The van der Waals surface area contributed by atoms with Crippen molar-refractivity contribution in [2.75, 3.05) is 32.1 Å². The molecule has 1 amide bonds. The van der Waals surface area contributed by atoms with Gasteiger partial charge >= 0.3 is 0 Å². The first-order chi connectivity index (χ1) is 16.8. The van der Waals surface area contributed by atoms with E-state index in [1.807, 2.05) is 30.1 Å². The first-order valence-electron chi connectivity index (χ1n) is 12.1. The number of carbonyl (C=O) groups excluding carboxylic acids is 1. The summed E-state index contributed by atoms with van der Waals surface area (Å²) in [5.74, 6) is 0.276. The Labute approximate surface area is 209 Å². The van der Waals surface area contributed by atoms with E-state index in [1.165, 1.54) is 17.2 Å². The fourth-order valence-corrected chi connectivity index (χ4v) is 5.35. The van der Waals surface area contributed by atoms with Crippen LogP contribution in [0, 0.1) is 25.6 Å². The highest BCUT2D eigenvalue weighted by Crippen LogP contribution is 2.37. The summed E-state index contributed by atoms with van der Waals surface area (Å²) in [4.78, 5) is 26.8. The van der Waals surface area contributed by atoms with Crippen molar-refractivity contribution in [1.29, 1.82) is 0 Å². The lowest BCUT2D eigenvalue weighted by atomic mass is 10.0. The van der Waals surface area contributed by atoms with Crippen LogP contribution in [0.1, 0.15) is 40.0 Å². The smallest absolute Gasteiger partial charge is 0.274 e. The lowest BCUT2D eigenvalue weighted by molar-refractivity contribution is 0.0745. The van der Waals surface area contributed by atoms with Crippen molar-refractivity contribution in [3.63, 3.8) is 0 Å². The molecular formula is C28H31FN4OS. The average Bonchev–Trinajstić information content (AvgIpc) is 3.39. The SMILES string of the molecule is Cc1ccc(-c2sc(N(C)C)nc2C(=O)N(CCc2c[nH]c3ccc(F)cc23)CC2CC2)cc1C. The Morgan fingerprint density at radius 3 is 2.66 bits per heavy atom. The minimum atomic E-state index is -0.249. The first kappa shape index (κ1) is 23.5. The van der Waals surface area contributed by atoms with Gasteiger partial charge in [-0.2, -0.15) is 0 Å². The number of hydrogen-bond acceptors (Lipinski definition) is 4. The van der Waals surface area contributed by atoms with Crippen molar-refractivity contribution < 1.29 is 9.18 Å². The van der Waals surface area contributed by atoms with Crippen molar-refractivity contribution in [3.8, 4) is 10.4 Å². The molecule has 0 atom stereocenters.